The molecule has 4 rings (SSSR count). The normalized spacial score (nSPS) is 13.4. The second-order valence-electron chi connectivity index (χ2n) is 6.83. The summed E-state index contributed by atoms with van der Waals surface area (Å²) in [5, 5.41) is 1.53. The van der Waals surface area contributed by atoms with Crippen molar-refractivity contribution < 1.29 is 4.79 Å². The monoisotopic (exact) mass is 420 g/mol. The highest BCUT2D eigenvalue weighted by Gasteiger charge is 2.24. The number of amides is 1. The molecule has 29 heavy (non-hydrogen) atoms. The largest absolute Gasteiger partial charge is 0.289 e. The lowest BCUT2D eigenvalue weighted by Crippen LogP contribution is -2.34. The average molecular weight is 421 g/mol. The predicted molar refractivity (Wildman–Crippen MR) is 122 cm³/mol. The Kier molecular flexibility index (Phi) is 6.33. The summed E-state index contributed by atoms with van der Waals surface area (Å²) < 4.78 is 0. The highest BCUT2D eigenvalue weighted by molar-refractivity contribution is 8.13. The van der Waals surface area contributed by atoms with Crippen molar-refractivity contribution in [3.63, 3.8) is 0 Å². The van der Waals surface area contributed by atoms with Crippen molar-refractivity contribution in [3.8, 4) is 11.1 Å². The number of benzene rings is 3. The van der Waals surface area contributed by atoms with E-state index >= 15 is 0 Å². The van der Waals surface area contributed by atoms with E-state index in [0.717, 1.165) is 26.9 Å². The van der Waals surface area contributed by atoms with Crippen LogP contribution in [-0.4, -0.2) is 29.1 Å². The van der Waals surface area contributed by atoms with Gasteiger partial charge in [0.1, 0.15) is 0 Å². The first-order chi connectivity index (χ1) is 14.2. The lowest BCUT2D eigenvalue weighted by Gasteiger charge is -2.18. The van der Waals surface area contributed by atoms with Crippen molar-refractivity contribution in [2.24, 2.45) is 4.99 Å². The van der Waals surface area contributed by atoms with Crippen molar-refractivity contribution >= 4 is 34.4 Å². The Labute approximate surface area is 180 Å². The van der Waals surface area contributed by atoms with E-state index in [1.807, 2.05) is 54.6 Å². The van der Waals surface area contributed by atoms with Gasteiger partial charge in [-0.15, -0.1) is 0 Å². The second kappa shape index (κ2) is 9.29. The lowest BCUT2D eigenvalue weighted by molar-refractivity contribution is -0.126. The van der Waals surface area contributed by atoms with Gasteiger partial charge in [-0.3, -0.25) is 14.7 Å². The fourth-order valence-corrected chi connectivity index (χ4v) is 4.60. The number of aliphatic imine (C=N–C) groups is 1. The van der Waals surface area contributed by atoms with Crippen LogP contribution in [0, 0.1) is 0 Å². The van der Waals surface area contributed by atoms with E-state index in [4.69, 9.17) is 11.6 Å². The van der Waals surface area contributed by atoms with Gasteiger partial charge in [0.25, 0.3) is 0 Å². The molecule has 1 heterocycles. The summed E-state index contributed by atoms with van der Waals surface area (Å²) in [7, 11) is 0. The highest BCUT2D eigenvalue weighted by atomic mass is 35.5. The number of hydrogen-bond acceptors (Lipinski definition) is 3. The molecular formula is C24H21ClN2OS. The summed E-state index contributed by atoms with van der Waals surface area (Å²) in [4.78, 5) is 19.2. The minimum atomic E-state index is 0.0837. The van der Waals surface area contributed by atoms with Crippen LogP contribution in [0.15, 0.2) is 83.9 Å². The standard InChI is InChI=1S/C24H21ClN2OS/c25-22-9-5-4-8-21(22)17-29-24-26-14-15-27(24)23(28)16-18-10-12-20(13-11-18)19-6-2-1-3-7-19/h1-13H,14-17H2. The molecule has 0 aromatic heterocycles. The van der Waals surface area contributed by atoms with Gasteiger partial charge in [-0.2, -0.15) is 0 Å². The molecular weight excluding hydrogens is 400 g/mol. The third kappa shape index (κ3) is 4.89. The van der Waals surface area contributed by atoms with Gasteiger partial charge in [0.05, 0.1) is 13.0 Å². The zero-order chi connectivity index (χ0) is 20.1. The average Bonchev–Trinajstić information content (AvgIpc) is 3.23. The Bertz CT molecular complexity index is 1020. The molecule has 0 aliphatic carbocycles. The topological polar surface area (TPSA) is 32.7 Å². The number of thioether (sulfide) groups is 1. The number of carbonyl (C=O) groups is 1. The summed E-state index contributed by atoms with van der Waals surface area (Å²) in [6.45, 7) is 1.30. The van der Waals surface area contributed by atoms with E-state index < -0.39 is 0 Å². The molecule has 3 nitrogen and oxygen atoms in total. The van der Waals surface area contributed by atoms with Crippen molar-refractivity contribution in [2.45, 2.75) is 12.2 Å². The molecule has 0 radical (unpaired) electrons. The van der Waals surface area contributed by atoms with Crippen molar-refractivity contribution in [1.82, 2.24) is 4.90 Å². The van der Waals surface area contributed by atoms with Gasteiger partial charge in [0.15, 0.2) is 5.17 Å². The molecule has 1 aliphatic rings. The number of hydrogen-bond donors (Lipinski definition) is 0. The SMILES string of the molecule is O=C(Cc1ccc(-c2ccccc2)cc1)N1CCN=C1SCc1ccccc1Cl. The maximum Gasteiger partial charge on any atom is 0.233 e. The van der Waals surface area contributed by atoms with Crippen LogP contribution in [0.1, 0.15) is 11.1 Å². The Morgan fingerprint density at radius 1 is 0.931 bits per heavy atom. The fourth-order valence-electron chi connectivity index (χ4n) is 3.26. The molecule has 1 amide bonds. The zero-order valence-corrected chi connectivity index (χ0v) is 17.5. The quantitative estimate of drug-likeness (QED) is 0.531. The van der Waals surface area contributed by atoms with Crippen LogP contribution < -0.4 is 0 Å². The molecule has 0 fully saturated rings. The molecule has 146 valence electrons. The van der Waals surface area contributed by atoms with Gasteiger partial charge in [-0.05, 0) is 28.3 Å². The fraction of sp³-hybridized carbons (Fsp3) is 0.167. The van der Waals surface area contributed by atoms with Gasteiger partial charge >= 0.3 is 0 Å². The molecule has 0 bridgehead atoms. The summed E-state index contributed by atoms with van der Waals surface area (Å²) in [6, 6.07) is 26.2. The van der Waals surface area contributed by atoms with Crippen LogP contribution in [0.5, 0.6) is 0 Å². The van der Waals surface area contributed by atoms with Gasteiger partial charge in [-0.25, -0.2) is 0 Å². The molecule has 0 N–H and O–H groups in total. The van der Waals surface area contributed by atoms with Crippen LogP contribution in [0.2, 0.25) is 5.02 Å². The van der Waals surface area contributed by atoms with E-state index in [9.17, 15) is 4.79 Å². The van der Waals surface area contributed by atoms with Crippen LogP contribution >= 0.6 is 23.4 Å². The van der Waals surface area contributed by atoms with Crippen LogP contribution in [0.4, 0.5) is 0 Å². The summed E-state index contributed by atoms with van der Waals surface area (Å²) >= 11 is 7.81. The van der Waals surface area contributed by atoms with Crippen molar-refractivity contribution in [1.29, 1.82) is 0 Å². The van der Waals surface area contributed by atoms with Gasteiger partial charge in [-0.1, -0.05) is 96.2 Å². The molecule has 0 atom stereocenters. The molecule has 1 aliphatic heterocycles. The van der Waals surface area contributed by atoms with E-state index in [-0.39, 0.29) is 5.91 Å². The van der Waals surface area contributed by atoms with Crippen molar-refractivity contribution in [2.75, 3.05) is 13.1 Å². The van der Waals surface area contributed by atoms with E-state index in [1.165, 1.54) is 5.56 Å². The van der Waals surface area contributed by atoms with Crippen LogP contribution in [0.25, 0.3) is 11.1 Å². The van der Waals surface area contributed by atoms with Crippen LogP contribution in [0.3, 0.4) is 0 Å². The number of amidine groups is 1. The van der Waals surface area contributed by atoms with E-state index in [1.54, 1.807) is 16.7 Å². The van der Waals surface area contributed by atoms with Gasteiger partial charge in [0.2, 0.25) is 5.91 Å². The number of halogens is 1. The third-order valence-corrected chi connectivity index (χ3v) is 6.27. The molecule has 3 aromatic rings. The third-order valence-electron chi connectivity index (χ3n) is 4.83. The minimum Gasteiger partial charge on any atom is -0.289 e. The highest BCUT2D eigenvalue weighted by Crippen LogP contribution is 2.25. The zero-order valence-electron chi connectivity index (χ0n) is 15.9. The first kappa shape index (κ1) is 19.7. The maximum absolute atomic E-state index is 12.9. The number of rotatable bonds is 5. The molecule has 5 heteroatoms. The Morgan fingerprint density at radius 2 is 1.62 bits per heavy atom. The lowest BCUT2D eigenvalue weighted by atomic mass is 10.0. The Morgan fingerprint density at radius 3 is 2.38 bits per heavy atom. The minimum absolute atomic E-state index is 0.0837. The van der Waals surface area contributed by atoms with Crippen LogP contribution in [-0.2, 0) is 17.0 Å². The molecule has 0 unspecified atom stereocenters. The predicted octanol–water partition coefficient (Wildman–Crippen LogP) is 5.68. The molecule has 3 aromatic carbocycles. The van der Waals surface area contributed by atoms with Gasteiger partial charge in [0, 0.05) is 17.3 Å². The Balaban J connectivity index is 1.37. The van der Waals surface area contributed by atoms with E-state index in [0.29, 0.717) is 25.3 Å². The second-order valence-corrected chi connectivity index (χ2v) is 8.18. The number of carbonyl (C=O) groups excluding carboxylic acids is 1. The first-order valence-corrected chi connectivity index (χ1v) is 10.9. The summed E-state index contributed by atoms with van der Waals surface area (Å²) in [6.07, 6.45) is 0.376. The summed E-state index contributed by atoms with van der Waals surface area (Å²) in [5.74, 6) is 0.786. The number of nitrogens with zero attached hydrogens (tertiary/aromatic N) is 2. The molecule has 0 saturated carbocycles. The Hall–Kier alpha value is -2.56. The first-order valence-electron chi connectivity index (χ1n) is 9.56. The van der Waals surface area contributed by atoms with Gasteiger partial charge < -0.3 is 0 Å². The molecule has 0 spiro atoms. The smallest absolute Gasteiger partial charge is 0.233 e. The maximum atomic E-state index is 12.9. The molecule has 0 saturated heterocycles. The summed E-state index contributed by atoms with van der Waals surface area (Å²) in [5.41, 5.74) is 4.39. The van der Waals surface area contributed by atoms with Crippen molar-refractivity contribution in [3.05, 3.63) is 95.0 Å². The van der Waals surface area contributed by atoms with E-state index in [2.05, 4.69) is 29.3 Å².